The lowest BCUT2D eigenvalue weighted by atomic mass is 9.98. The van der Waals surface area contributed by atoms with E-state index >= 15 is 4.39 Å². The summed E-state index contributed by atoms with van der Waals surface area (Å²) in [5, 5.41) is 43.3. The van der Waals surface area contributed by atoms with E-state index in [1.807, 2.05) is 31.2 Å². The highest BCUT2D eigenvalue weighted by Crippen LogP contribution is 2.36. The highest BCUT2D eigenvalue weighted by molar-refractivity contribution is 6.31. The summed E-state index contributed by atoms with van der Waals surface area (Å²) >= 11 is 6.14. The molecule has 0 amide bonds. The summed E-state index contributed by atoms with van der Waals surface area (Å²) in [5.74, 6) is -0.516. The number of aryl methyl sites for hydroxylation is 1. The zero-order valence-electron chi connectivity index (χ0n) is 18.4. The van der Waals surface area contributed by atoms with E-state index in [9.17, 15) is 20.4 Å². The van der Waals surface area contributed by atoms with Gasteiger partial charge in [-0.2, -0.15) is 0 Å². The van der Waals surface area contributed by atoms with Gasteiger partial charge in [0.15, 0.2) is 6.23 Å². The van der Waals surface area contributed by atoms with Gasteiger partial charge < -0.3 is 29.7 Å². The van der Waals surface area contributed by atoms with E-state index in [-0.39, 0.29) is 5.02 Å². The van der Waals surface area contributed by atoms with Crippen LogP contribution < -0.4 is 0 Å². The first-order valence-corrected chi connectivity index (χ1v) is 11.4. The number of aliphatic hydroxyl groups is 4. The summed E-state index contributed by atoms with van der Waals surface area (Å²) in [6.07, 6.45) is -4.72. The van der Waals surface area contributed by atoms with E-state index in [1.54, 1.807) is 12.3 Å². The van der Waals surface area contributed by atoms with Gasteiger partial charge in [0.2, 0.25) is 0 Å². The SMILES string of the molecule is Cc1ccc2cc(Cc3cn([C@@H]4O[C@H](CO)[C@@H](O)[C@H](O)[C@H]4O)c4cc(Cl)cc(F)c34)ccc2c1. The summed E-state index contributed by atoms with van der Waals surface area (Å²) in [7, 11) is 0. The second-order valence-corrected chi connectivity index (χ2v) is 9.36. The molecule has 8 heteroatoms. The number of nitrogens with zero attached hydrogens (tertiary/aromatic N) is 1. The van der Waals surface area contributed by atoms with Gasteiger partial charge in [0.1, 0.15) is 30.2 Å². The van der Waals surface area contributed by atoms with Crippen LogP contribution in [0.15, 0.2) is 54.7 Å². The van der Waals surface area contributed by atoms with Crippen molar-refractivity contribution in [3.05, 3.63) is 82.3 Å². The number of ether oxygens (including phenoxy) is 1. The standard InChI is InChI=1S/C26H25ClFNO5/c1-13-2-4-16-7-14(3-5-15(16)6-13)8-17-11-29(20-10-18(27)9-19(28)22(17)20)26-25(33)24(32)23(31)21(12-30)34-26/h2-7,9-11,21,23-26,30-33H,8,12H2,1H3/t21-,23-,24+,25-,26-/m1/s1. The highest BCUT2D eigenvalue weighted by Gasteiger charge is 2.44. The summed E-state index contributed by atoms with van der Waals surface area (Å²) in [6, 6.07) is 15.1. The van der Waals surface area contributed by atoms with Crippen LogP contribution in [-0.2, 0) is 11.2 Å². The van der Waals surface area contributed by atoms with Crippen LogP contribution in [0.2, 0.25) is 5.02 Å². The molecule has 4 N–H and O–H groups in total. The Kier molecular flexibility index (Phi) is 6.10. The Labute approximate surface area is 200 Å². The molecule has 0 bridgehead atoms. The molecule has 6 nitrogen and oxygen atoms in total. The minimum Gasteiger partial charge on any atom is -0.394 e. The molecule has 0 saturated carbocycles. The number of benzene rings is 3. The maximum absolute atomic E-state index is 15.1. The molecule has 5 atom stereocenters. The first-order valence-electron chi connectivity index (χ1n) is 11.0. The summed E-state index contributed by atoms with van der Waals surface area (Å²) in [4.78, 5) is 0. The zero-order chi connectivity index (χ0) is 24.1. The van der Waals surface area contributed by atoms with Crippen molar-refractivity contribution >= 4 is 33.3 Å². The Balaban J connectivity index is 1.60. The fourth-order valence-electron chi connectivity index (χ4n) is 4.78. The Morgan fingerprint density at radius 3 is 2.47 bits per heavy atom. The third kappa shape index (κ3) is 3.98. The van der Waals surface area contributed by atoms with Gasteiger partial charge in [0.25, 0.3) is 0 Å². The molecule has 1 aliphatic heterocycles. The number of rotatable bonds is 4. The summed E-state index contributed by atoms with van der Waals surface area (Å²) < 4.78 is 22.4. The molecule has 3 aromatic carbocycles. The van der Waals surface area contributed by atoms with Gasteiger partial charge in [0.05, 0.1) is 12.1 Å². The average molecular weight is 486 g/mol. The molecular weight excluding hydrogens is 461 g/mol. The molecule has 1 aromatic heterocycles. The monoisotopic (exact) mass is 485 g/mol. The van der Waals surface area contributed by atoms with E-state index in [0.29, 0.717) is 22.9 Å². The average Bonchev–Trinajstić information content (AvgIpc) is 3.15. The third-order valence-corrected chi connectivity index (χ3v) is 6.74. The van der Waals surface area contributed by atoms with Crippen molar-refractivity contribution in [3.8, 4) is 0 Å². The summed E-state index contributed by atoms with van der Waals surface area (Å²) in [5.41, 5.74) is 3.16. The first kappa shape index (κ1) is 23.2. The Bertz CT molecular complexity index is 1370. The molecule has 1 saturated heterocycles. The quantitative estimate of drug-likeness (QED) is 0.355. The molecule has 2 heterocycles. The predicted molar refractivity (Wildman–Crippen MR) is 127 cm³/mol. The Hall–Kier alpha value is -2.52. The lowest BCUT2D eigenvalue weighted by Crippen LogP contribution is -2.56. The zero-order valence-corrected chi connectivity index (χ0v) is 19.2. The second-order valence-electron chi connectivity index (χ2n) is 8.92. The van der Waals surface area contributed by atoms with Crippen molar-refractivity contribution in [1.82, 2.24) is 4.57 Å². The first-order chi connectivity index (χ1) is 16.3. The molecule has 5 rings (SSSR count). The maximum atomic E-state index is 15.1. The van der Waals surface area contributed by atoms with Gasteiger partial charge in [-0.05, 0) is 47.4 Å². The number of aromatic nitrogens is 1. The Morgan fingerprint density at radius 1 is 0.971 bits per heavy atom. The number of hydrogen-bond donors (Lipinski definition) is 4. The molecule has 0 aliphatic carbocycles. The lowest BCUT2D eigenvalue weighted by Gasteiger charge is -2.40. The maximum Gasteiger partial charge on any atom is 0.163 e. The fourth-order valence-corrected chi connectivity index (χ4v) is 4.98. The van der Waals surface area contributed by atoms with Crippen molar-refractivity contribution in [2.75, 3.05) is 6.61 Å². The van der Waals surface area contributed by atoms with Gasteiger partial charge in [-0.25, -0.2) is 4.39 Å². The smallest absolute Gasteiger partial charge is 0.163 e. The fraction of sp³-hybridized carbons (Fsp3) is 0.308. The molecule has 1 aliphatic rings. The van der Waals surface area contributed by atoms with Gasteiger partial charge >= 0.3 is 0 Å². The molecule has 1 fully saturated rings. The molecule has 0 radical (unpaired) electrons. The molecule has 4 aromatic rings. The van der Waals surface area contributed by atoms with Crippen LogP contribution in [0.25, 0.3) is 21.7 Å². The van der Waals surface area contributed by atoms with E-state index in [2.05, 4.69) is 12.1 Å². The number of halogens is 2. The minimum absolute atomic E-state index is 0.168. The van der Waals surface area contributed by atoms with Gasteiger partial charge in [0, 0.05) is 16.6 Å². The topological polar surface area (TPSA) is 95.1 Å². The molecule has 178 valence electrons. The summed E-state index contributed by atoms with van der Waals surface area (Å²) in [6.45, 7) is 1.48. The molecule has 0 unspecified atom stereocenters. The largest absolute Gasteiger partial charge is 0.394 e. The van der Waals surface area contributed by atoms with Crippen molar-refractivity contribution in [1.29, 1.82) is 0 Å². The normalized spacial score (nSPS) is 25.3. The van der Waals surface area contributed by atoms with E-state index in [0.717, 1.165) is 16.3 Å². The highest BCUT2D eigenvalue weighted by atomic mass is 35.5. The van der Waals surface area contributed by atoms with Gasteiger partial charge in [-0.3, -0.25) is 0 Å². The molecule has 34 heavy (non-hydrogen) atoms. The van der Waals surface area contributed by atoms with E-state index < -0.39 is 43.1 Å². The molecule has 0 spiro atoms. The van der Waals surface area contributed by atoms with Crippen LogP contribution in [0.4, 0.5) is 4.39 Å². The van der Waals surface area contributed by atoms with E-state index in [4.69, 9.17) is 16.3 Å². The number of fused-ring (bicyclic) bond motifs is 2. The molecular formula is C26H25ClFNO5. The van der Waals surface area contributed by atoms with Crippen LogP contribution in [0, 0.1) is 12.7 Å². The van der Waals surface area contributed by atoms with Crippen LogP contribution in [0.3, 0.4) is 0 Å². The number of hydrogen-bond acceptors (Lipinski definition) is 5. The van der Waals surface area contributed by atoms with Crippen molar-refractivity contribution in [2.24, 2.45) is 0 Å². The second kappa shape index (κ2) is 8.92. The van der Waals surface area contributed by atoms with Crippen molar-refractivity contribution < 1.29 is 29.6 Å². The third-order valence-electron chi connectivity index (χ3n) is 6.52. The van der Waals surface area contributed by atoms with Crippen LogP contribution in [-0.4, -0.2) is 56.0 Å². The van der Waals surface area contributed by atoms with Crippen molar-refractivity contribution in [3.63, 3.8) is 0 Å². The van der Waals surface area contributed by atoms with Gasteiger partial charge in [-0.15, -0.1) is 0 Å². The Morgan fingerprint density at radius 2 is 1.71 bits per heavy atom. The minimum atomic E-state index is -1.55. The van der Waals surface area contributed by atoms with Gasteiger partial charge in [-0.1, -0.05) is 53.6 Å². The predicted octanol–water partition coefficient (Wildman–Crippen LogP) is 3.46. The van der Waals surface area contributed by atoms with Crippen molar-refractivity contribution in [2.45, 2.75) is 44.0 Å². The van der Waals surface area contributed by atoms with Crippen LogP contribution in [0.1, 0.15) is 22.9 Å². The van der Waals surface area contributed by atoms with Crippen LogP contribution >= 0.6 is 11.6 Å². The number of aliphatic hydroxyl groups excluding tert-OH is 4. The van der Waals surface area contributed by atoms with Crippen LogP contribution in [0.5, 0.6) is 0 Å². The lowest BCUT2D eigenvalue weighted by molar-refractivity contribution is -0.250. The van der Waals surface area contributed by atoms with E-state index in [1.165, 1.54) is 16.2 Å².